The number of sulfonamides is 1. The molecule has 3 rings (SSSR count). The third-order valence-corrected chi connectivity index (χ3v) is 5.38. The number of nitrogen functional groups attached to an aromatic ring is 1. The molecular weight excluding hydrogens is 290 g/mol. The van der Waals surface area contributed by atoms with Crippen molar-refractivity contribution in [3.8, 4) is 0 Å². The van der Waals surface area contributed by atoms with Crippen LogP contribution in [0.5, 0.6) is 0 Å². The highest BCUT2D eigenvalue weighted by atomic mass is 32.2. The Kier molecular flexibility index (Phi) is 3.56. The Morgan fingerprint density at radius 3 is 2.90 bits per heavy atom. The predicted molar refractivity (Wildman–Crippen MR) is 80.3 cm³/mol. The third kappa shape index (κ3) is 2.72. The van der Waals surface area contributed by atoms with Crippen molar-refractivity contribution in [2.24, 2.45) is 0 Å². The summed E-state index contributed by atoms with van der Waals surface area (Å²) < 4.78 is 32.2. The van der Waals surface area contributed by atoms with E-state index >= 15 is 0 Å². The number of hydrogen-bond acceptors (Lipinski definition) is 5. The zero-order valence-electron chi connectivity index (χ0n) is 11.7. The number of rotatable bonds is 2. The molecule has 1 fully saturated rings. The molecule has 7 heteroatoms. The molecule has 2 N–H and O–H groups in total. The maximum Gasteiger partial charge on any atom is 0.243 e. The molecule has 112 valence electrons. The van der Waals surface area contributed by atoms with E-state index in [0.717, 1.165) is 5.39 Å². The summed E-state index contributed by atoms with van der Waals surface area (Å²) in [5, 5.41) is 0.756. The molecule has 21 heavy (non-hydrogen) atoms. The number of pyridine rings is 1. The zero-order valence-corrected chi connectivity index (χ0v) is 12.5. The van der Waals surface area contributed by atoms with Crippen LogP contribution in [-0.2, 0) is 14.8 Å². The van der Waals surface area contributed by atoms with Gasteiger partial charge in [-0.3, -0.25) is 0 Å². The molecule has 0 radical (unpaired) electrons. The Labute approximate surface area is 123 Å². The molecule has 1 saturated heterocycles. The van der Waals surface area contributed by atoms with Crippen molar-refractivity contribution < 1.29 is 13.2 Å². The van der Waals surface area contributed by atoms with Crippen molar-refractivity contribution in [2.75, 3.05) is 25.4 Å². The van der Waals surface area contributed by atoms with Gasteiger partial charge in [0.2, 0.25) is 10.0 Å². The topological polar surface area (TPSA) is 85.5 Å². The van der Waals surface area contributed by atoms with E-state index in [4.69, 9.17) is 10.5 Å². The van der Waals surface area contributed by atoms with E-state index < -0.39 is 10.0 Å². The standard InChI is InChI=1S/C14H17N3O3S/c1-10-9-17(6-7-20-10)21(18,19)12-3-4-13-11(8-12)2-5-14(15)16-13/h2-5,8,10H,6-7,9H2,1H3,(H2,15,16). The predicted octanol–water partition coefficient (Wildman–Crippen LogP) is 1.23. The lowest BCUT2D eigenvalue weighted by Gasteiger charge is -2.30. The Hall–Kier alpha value is -1.70. The van der Waals surface area contributed by atoms with Crippen LogP contribution in [0.15, 0.2) is 35.2 Å². The van der Waals surface area contributed by atoms with Gasteiger partial charge in [-0.25, -0.2) is 13.4 Å². The monoisotopic (exact) mass is 307 g/mol. The number of fused-ring (bicyclic) bond motifs is 1. The first-order valence-electron chi connectivity index (χ1n) is 6.75. The van der Waals surface area contributed by atoms with Crippen molar-refractivity contribution in [3.63, 3.8) is 0 Å². The van der Waals surface area contributed by atoms with Gasteiger partial charge >= 0.3 is 0 Å². The van der Waals surface area contributed by atoms with Crippen LogP contribution in [0.3, 0.4) is 0 Å². The number of nitrogens with zero attached hydrogens (tertiary/aromatic N) is 2. The number of anilines is 1. The van der Waals surface area contributed by atoms with Crippen molar-refractivity contribution in [1.29, 1.82) is 0 Å². The number of hydrogen-bond donors (Lipinski definition) is 1. The fraction of sp³-hybridized carbons (Fsp3) is 0.357. The van der Waals surface area contributed by atoms with Gasteiger partial charge in [-0.1, -0.05) is 0 Å². The van der Waals surface area contributed by atoms with Crippen molar-refractivity contribution in [3.05, 3.63) is 30.3 Å². The van der Waals surface area contributed by atoms with Gasteiger partial charge in [0.15, 0.2) is 0 Å². The van der Waals surface area contributed by atoms with Crippen LogP contribution in [0.1, 0.15) is 6.92 Å². The Bertz CT molecular complexity index is 776. The molecule has 1 atom stereocenters. The van der Waals surface area contributed by atoms with E-state index in [0.29, 0.717) is 31.0 Å². The summed E-state index contributed by atoms with van der Waals surface area (Å²) in [6.07, 6.45) is -0.0875. The van der Waals surface area contributed by atoms with E-state index in [1.165, 1.54) is 4.31 Å². The lowest BCUT2D eigenvalue weighted by Crippen LogP contribution is -2.44. The van der Waals surface area contributed by atoms with Gasteiger partial charge in [-0.2, -0.15) is 4.31 Å². The molecule has 1 aromatic carbocycles. The van der Waals surface area contributed by atoms with Crippen LogP contribution in [-0.4, -0.2) is 43.5 Å². The summed E-state index contributed by atoms with van der Waals surface area (Å²) in [5.41, 5.74) is 6.31. The fourth-order valence-corrected chi connectivity index (χ4v) is 3.97. The minimum absolute atomic E-state index is 0.0875. The number of benzene rings is 1. The van der Waals surface area contributed by atoms with Crippen molar-refractivity contribution >= 4 is 26.7 Å². The second kappa shape index (κ2) is 5.25. The molecule has 0 spiro atoms. The van der Waals surface area contributed by atoms with Gasteiger partial charge in [0.25, 0.3) is 0 Å². The van der Waals surface area contributed by atoms with Crippen LogP contribution in [0, 0.1) is 0 Å². The van der Waals surface area contributed by atoms with Gasteiger partial charge in [-0.15, -0.1) is 0 Å². The van der Waals surface area contributed by atoms with Crippen molar-refractivity contribution in [2.45, 2.75) is 17.9 Å². The summed E-state index contributed by atoms with van der Waals surface area (Å²) >= 11 is 0. The Morgan fingerprint density at radius 2 is 2.14 bits per heavy atom. The minimum atomic E-state index is -3.50. The third-order valence-electron chi connectivity index (χ3n) is 3.52. The normalized spacial score (nSPS) is 20.7. The van der Waals surface area contributed by atoms with Crippen LogP contribution in [0.2, 0.25) is 0 Å². The van der Waals surface area contributed by atoms with Crippen molar-refractivity contribution in [1.82, 2.24) is 9.29 Å². The first-order chi connectivity index (χ1) is 9.96. The molecule has 0 bridgehead atoms. The Balaban J connectivity index is 2.00. The zero-order chi connectivity index (χ0) is 15.0. The van der Waals surface area contributed by atoms with E-state index in [1.807, 2.05) is 6.92 Å². The average molecular weight is 307 g/mol. The Morgan fingerprint density at radius 1 is 1.33 bits per heavy atom. The van der Waals surface area contributed by atoms with Crippen LogP contribution >= 0.6 is 0 Å². The molecule has 0 aliphatic carbocycles. The number of nitrogens with two attached hydrogens (primary N) is 1. The lowest BCUT2D eigenvalue weighted by atomic mass is 10.2. The minimum Gasteiger partial charge on any atom is -0.384 e. The SMILES string of the molecule is CC1CN(S(=O)(=O)c2ccc3nc(N)ccc3c2)CCO1. The maximum absolute atomic E-state index is 12.7. The molecule has 2 aromatic rings. The molecule has 1 unspecified atom stereocenters. The molecule has 0 saturated carbocycles. The van der Waals surface area contributed by atoms with Gasteiger partial charge in [0.1, 0.15) is 5.82 Å². The molecule has 1 aliphatic heterocycles. The van der Waals surface area contributed by atoms with Crippen LogP contribution in [0.25, 0.3) is 10.9 Å². The van der Waals surface area contributed by atoms with Gasteiger partial charge in [-0.05, 0) is 37.3 Å². The molecule has 0 amide bonds. The second-order valence-corrected chi connectivity index (χ2v) is 7.07. The highest BCUT2D eigenvalue weighted by Gasteiger charge is 2.29. The second-order valence-electron chi connectivity index (χ2n) is 5.14. The van der Waals surface area contributed by atoms with Crippen LogP contribution in [0.4, 0.5) is 5.82 Å². The van der Waals surface area contributed by atoms with E-state index in [1.54, 1.807) is 30.3 Å². The van der Waals surface area contributed by atoms with Gasteiger partial charge in [0.05, 0.1) is 23.1 Å². The molecule has 2 heterocycles. The summed E-state index contributed by atoms with van der Waals surface area (Å²) in [6.45, 7) is 3.05. The molecule has 6 nitrogen and oxygen atoms in total. The number of ether oxygens (including phenoxy) is 1. The summed E-state index contributed by atoms with van der Waals surface area (Å²) in [4.78, 5) is 4.45. The van der Waals surface area contributed by atoms with Crippen LogP contribution < -0.4 is 5.73 Å². The molecule has 1 aromatic heterocycles. The van der Waals surface area contributed by atoms with E-state index in [2.05, 4.69) is 4.98 Å². The first-order valence-corrected chi connectivity index (χ1v) is 8.19. The highest BCUT2D eigenvalue weighted by molar-refractivity contribution is 7.89. The lowest BCUT2D eigenvalue weighted by molar-refractivity contribution is 0.0102. The number of morpholine rings is 1. The summed E-state index contributed by atoms with van der Waals surface area (Å²) in [5.74, 6) is 0.417. The smallest absolute Gasteiger partial charge is 0.243 e. The van der Waals surface area contributed by atoms with E-state index in [9.17, 15) is 8.42 Å². The quantitative estimate of drug-likeness (QED) is 0.902. The first kappa shape index (κ1) is 14.2. The largest absolute Gasteiger partial charge is 0.384 e. The summed E-state index contributed by atoms with van der Waals surface area (Å²) in [7, 11) is -3.50. The van der Waals surface area contributed by atoms with E-state index in [-0.39, 0.29) is 11.0 Å². The van der Waals surface area contributed by atoms with Gasteiger partial charge < -0.3 is 10.5 Å². The number of aromatic nitrogens is 1. The fourth-order valence-electron chi connectivity index (χ4n) is 2.43. The average Bonchev–Trinajstić information content (AvgIpc) is 2.46. The maximum atomic E-state index is 12.7. The van der Waals surface area contributed by atoms with Gasteiger partial charge in [0, 0.05) is 18.5 Å². The highest BCUT2D eigenvalue weighted by Crippen LogP contribution is 2.23. The molecule has 1 aliphatic rings. The molecular formula is C14H17N3O3S. The summed E-state index contributed by atoms with van der Waals surface area (Å²) in [6, 6.07) is 8.33.